The van der Waals surface area contributed by atoms with Crippen molar-refractivity contribution >= 4 is 11.6 Å². The van der Waals surface area contributed by atoms with Gasteiger partial charge >= 0.3 is 0 Å². The summed E-state index contributed by atoms with van der Waals surface area (Å²) in [7, 11) is 0. The zero-order chi connectivity index (χ0) is 13.1. The first-order chi connectivity index (χ1) is 8.60. The largest absolute Gasteiger partial charge is 0.489 e. The summed E-state index contributed by atoms with van der Waals surface area (Å²) in [5, 5.41) is 0.548. The molecule has 0 aliphatic rings. The number of rotatable bonds is 4. The summed E-state index contributed by atoms with van der Waals surface area (Å²) in [6.45, 7) is 4.19. The second kappa shape index (κ2) is 5.42. The Morgan fingerprint density at radius 1 is 1.44 bits per heavy atom. The van der Waals surface area contributed by atoms with Crippen LogP contribution in [0.1, 0.15) is 19.7 Å². The van der Waals surface area contributed by atoms with Crippen LogP contribution in [-0.4, -0.2) is 11.1 Å². The molecule has 96 valence electrons. The van der Waals surface area contributed by atoms with Crippen molar-refractivity contribution < 1.29 is 9.15 Å². The lowest BCUT2D eigenvalue weighted by Gasteiger charge is -2.11. The Bertz CT molecular complexity index is 538. The average molecular weight is 267 g/mol. The summed E-state index contributed by atoms with van der Waals surface area (Å²) in [4.78, 5) is 4.05. The summed E-state index contributed by atoms with van der Waals surface area (Å²) in [5.74, 6) is 1.81. The Morgan fingerprint density at radius 2 is 2.22 bits per heavy atom. The maximum atomic E-state index is 6.15. The standard InChI is InChI=1S/C13H15ClN2O2/c1-8(2)17-11-4-3-9(5-10(11)14)12-7-16-13(6-15)18-12/h3-5,7-8H,6,15H2,1-2H3. The highest BCUT2D eigenvalue weighted by Gasteiger charge is 2.09. The van der Waals surface area contributed by atoms with Crippen molar-refractivity contribution in [3.8, 4) is 17.1 Å². The number of nitrogens with zero attached hydrogens (tertiary/aromatic N) is 1. The molecule has 2 aromatic rings. The van der Waals surface area contributed by atoms with E-state index in [4.69, 9.17) is 26.5 Å². The van der Waals surface area contributed by atoms with Gasteiger partial charge in [-0.1, -0.05) is 11.6 Å². The van der Waals surface area contributed by atoms with Gasteiger partial charge in [-0.15, -0.1) is 0 Å². The van der Waals surface area contributed by atoms with E-state index in [1.807, 2.05) is 26.0 Å². The molecule has 1 aromatic carbocycles. The maximum Gasteiger partial charge on any atom is 0.208 e. The second-order valence-corrected chi connectivity index (χ2v) is 4.54. The van der Waals surface area contributed by atoms with E-state index in [2.05, 4.69) is 4.98 Å². The summed E-state index contributed by atoms with van der Waals surface area (Å²) in [5.41, 5.74) is 6.30. The van der Waals surface area contributed by atoms with E-state index >= 15 is 0 Å². The minimum absolute atomic E-state index is 0.0856. The highest BCUT2D eigenvalue weighted by molar-refractivity contribution is 6.32. The Morgan fingerprint density at radius 3 is 2.78 bits per heavy atom. The molecule has 5 heteroatoms. The van der Waals surface area contributed by atoms with E-state index in [0.29, 0.717) is 22.4 Å². The molecule has 0 radical (unpaired) electrons. The van der Waals surface area contributed by atoms with Crippen molar-refractivity contribution in [2.24, 2.45) is 5.73 Å². The van der Waals surface area contributed by atoms with E-state index in [-0.39, 0.29) is 12.6 Å². The van der Waals surface area contributed by atoms with Crippen LogP contribution >= 0.6 is 11.6 Å². The fraction of sp³-hybridized carbons (Fsp3) is 0.308. The minimum atomic E-state index is 0.0856. The topological polar surface area (TPSA) is 61.3 Å². The first-order valence-corrected chi connectivity index (χ1v) is 6.09. The van der Waals surface area contributed by atoms with Crippen LogP contribution in [0.15, 0.2) is 28.8 Å². The van der Waals surface area contributed by atoms with Crippen LogP contribution in [0.5, 0.6) is 5.75 Å². The van der Waals surface area contributed by atoms with Crippen LogP contribution in [0.25, 0.3) is 11.3 Å². The lowest BCUT2D eigenvalue weighted by Crippen LogP contribution is -2.05. The molecular formula is C13H15ClN2O2. The van der Waals surface area contributed by atoms with Crippen molar-refractivity contribution in [1.82, 2.24) is 4.98 Å². The quantitative estimate of drug-likeness (QED) is 0.923. The van der Waals surface area contributed by atoms with Gasteiger partial charge in [0.15, 0.2) is 5.76 Å². The smallest absolute Gasteiger partial charge is 0.208 e. The molecule has 0 atom stereocenters. The number of hydrogen-bond acceptors (Lipinski definition) is 4. The van der Waals surface area contributed by atoms with Gasteiger partial charge in [0.1, 0.15) is 5.75 Å². The first kappa shape index (κ1) is 12.9. The van der Waals surface area contributed by atoms with Crippen molar-refractivity contribution in [3.63, 3.8) is 0 Å². The zero-order valence-corrected chi connectivity index (χ0v) is 11.1. The lowest BCUT2D eigenvalue weighted by molar-refractivity contribution is 0.242. The average Bonchev–Trinajstić information content (AvgIpc) is 2.80. The second-order valence-electron chi connectivity index (χ2n) is 4.13. The molecule has 1 heterocycles. The van der Waals surface area contributed by atoms with Crippen LogP contribution in [0, 0.1) is 0 Å². The van der Waals surface area contributed by atoms with Crippen LogP contribution in [-0.2, 0) is 6.54 Å². The van der Waals surface area contributed by atoms with Crippen LogP contribution in [0.2, 0.25) is 5.02 Å². The summed E-state index contributed by atoms with van der Waals surface area (Å²) in [6, 6.07) is 5.49. The van der Waals surface area contributed by atoms with Crippen LogP contribution in [0.3, 0.4) is 0 Å². The van der Waals surface area contributed by atoms with E-state index in [0.717, 1.165) is 5.56 Å². The molecular weight excluding hydrogens is 252 g/mol. The number of halogens is 1. The number of nitrogens with two attached hydrogens (primary N) is 1. The number of ether oxygens (including phenoxy) is 1. The van der Waals surface area contributed by atoms with E-state index < -0.39 is 0 Å². The molecule has 0 aliphatic carbocycles. The van der Waals surface area contributed by atoms with Gasteiger partial charge in [0.2, 0.25) is 5.89 Å². The molecule has 18 heavy (non-hydrogen) atoms. The van der Waals surface area contributed by atoms with Crippen LogP contribution in [0.4, 0.5) is 0 Å². The lowest BCUT2D eigenvalue weighted by atomic mass is 10.2. The molecule has 0 aliphatic heterocycles. The van der Waals surface area contributed by atoms with Crippen molar-refractivity contribution in [1.29, 1.82) is 0 Å². The molecule has 0 fully saturated rings. The fourth-order valence-corrected chi connectivity index (χ4v) is 1.77. The highest BCUT2D eigenvalue weighted by Crippen LogP contribution is 2.31. The van der Waals surface area contributed by atoms with Gasteiger partial charge in [-0.05, 0) is 32.0 Å². The first-order valence-electron chi connectivity index (χ1n) is 5.71. The summed E-state index contributed by atoms with van der Waals surface area (Å²) >= 11 is 6.15. The van der Waals surface area contributed by atoms with E-state index in [1.54, 1.807) is 12.3 Å². The molecule has 4 nitrogen and oxygen atoms in total. The zero-order valence-electron chi connectivity index (χ0n) is 10.3. The van der Waals surface area contributed by atoms with Crippen molar-refractivity contribution in [3.05, 3.63) is 35.3 Å². The van der Waals surface area contributed by atoms with Gasteiger partial charge in [0, 0.05) is 5.56 Å². The Kier molecular flexibility index (Phi) is 3.89. The van der Waals surface area contributed by atoms with E-state index in [1.165, 1.54) is 0 Å². The van der Waals surface area contributed by atoms with Gasteiger partial charge in [-0.3, -0.25) is 0 Å². The van der Waals surface area contributed by atoms with Crippen molar-refractivity contribution in [2.75, 3.05) is 0 Å². The predicted molar refractivity (Wildman–Crippen MR) is 70.6 cm³/mol. The third-order valence-corrected chi connectivity index (χ3v) is 2.60. The van der Waals surface area contributed by atoms with Crippen LogP contribution < -0.4 is 10.5 Å². The number of aromatic nitrogens is 1. The molecule has 0 bridgehead atoms. The molecule has 0 saturated carbocycles. The van der Waals surface area contributed by atoms with Crippen molar-refractivity contribution in [2.45, 2.75) is 26.5 Å². The molecule has 1 aromatic heterocycles. The van der Waals surface area contributed by atoms with Gasteiger partial charge in [0.05, 0.1) is 23.9 Å². The van der Waals surface area contributed by atoms with Gasteiger partial charge in [-0.25, -0.2) is 4.98 Å². The number of oxazole rings is 1. The molecule has 2 N–H and O–H groups in total. The molecule has 0 unspecified atom stereocenters. The van der Waals surface area contributed by atoms with E-state index in [9.17, 15) is 0 Å². The molecule has 0 spiro atoms. The monoisotopic (exact) mass is 266 g/mol. The Labute approximate surface area is 111 Å². The molecule has 0 saturated heterocycles. The maximum absolute atomic E-state index is 6.15. The molecule has 0 amide bonds. The van der Waals surface area contributed by atoms with Gasteiger partial charge in [0.25, 0.3) is 0 Å². The normalized spacial score (nSPS) is 10.9. The Balaban J connectivity index is 2.28. The predicted octanol–water partition coefficient (Wildman–Crippen LogP) is 3.24. The Hall–Kier alpha value is -1.52. The third kappa shape index (κ3) is 2.83. The number of hydrogen-bond donors (Lipinski definition) is 1. The summed E-state index contributed by atoms with van der Waals surface area (Å²) < 4.78 is 11.0. The fourth-order valence-electron chi connectivity index (χ4n) is 1.54. The molecule has 2 rings (SSSR count). The van der Waals surface area contributed by atoms with Gasteiger partial charge < -0.3 is 14.9 Å². The third-order valence-electron chi connectivity index (χ3n) is 2.31. The SMILES string of the molecule is CC(C)Oc1ccc(-c2cnc(CN)o2)cc1Cl. The highest BCUT2D eigenvalue weighted by atomic mass is 35.5. The van der Waals surface area contributed by atoms with Gasteiger partial charge in [-0.2, -0.15) is 0 Å². The minimum Gasteiger partial charge on any atom is -0.489 e. The summed E-state index contributed by atoms with van der Waals surface area (Å²) in [6.07, 6.45) is 1.72. The number of benzene rings is 1.